The Morgan fingerprint density at radius 3 is 2.11 bits per heavy atom. The Labute approximate surface area is 114 Å². The molecule has 5 heteroatoms. The second-order valence-electron chi connectivity index (χ2n) is 5.76. The average Bonchev–Trinajstić information content (AvgIpc) is 2.31. The first-order valence-electron chi connectivity index (χ1n) is 6.08. The molecule has 0 spiro atoms. The number of aliphatic hydroxyl groups excluding tert-OH is 2. The molecule has 108 valence electrons. The molecule has 0 aliphatic carbocycles. The molecule has 0 aromatic rings. The largest absolute Gasteiger partial charge is 0.390 e. The fourth-order valence-electron chi connectivity index (χ4n) is 2.18. The highest BCUT2D eigenvalue weighted by molar-refractivity contribution is 7.98. The summed E-state index contributed by atoms with van der Waals surface area (Å²) in [5, 5.41) is 20.2. The number of hydrogen-bond donors (Lipinski definition) is 2. The zero-order valence-electron chi connectivity index (χ0n) is 11.9. The highest BCUT2D eigenvalue weighted by Gasteiger charge is 2.46. The first-order chi connectivity index (χ1) is 8.29. The Kier molecular flexibility index (Phi) is 7.44. The van der Waals surface area contributed by atoms with Crippen molar-refractivity contribution < 1.29 is 19.7 Å². The molecule has 0 amide bonds. The summed E-state index contributed by atoms with van der Waals surface area (Å²) >= 11 is 1.66. The first-order valence-corrected chi connectivity index (χ1v) is 7.47. The zero-order chi connectivity index (χ0) is 14.5. The summed E-state index contributed by atoms with van der Waals surface area (Å²) in [6.45, 7) is 10.1. The summed E-state index contributed by atoms with van der Waals surface area (Å²) in [4.78, 5) is 8.00. The van der Waals surface area contributed by atoms with Gasteiger partial charge in [0.15, 0.2) is 0 Å². The lowest BCUT2D eigenvalue weighted by molar-refractivity contribution is -0.216. The molecule has 0 aromatic carbocycles. The molecule has 1 aliphatic heterocycles. The predicted molar refractivity (Wildman–Crippen MR) is 74.8 cm³/mol. The lowest BCUT2D eigenvalue weighted by atomic mass is 9.77. The summed E-state index contributed by atoms with van der Waals surface area (Å²) in [5.41, 5.74) is -0.107. The van der Waals surface area contributed by atoms with Gasteiger partial charge < -0.3 is 19.7 Å². The van der Waals surface area contributed by atoms with Crippen molar-refractivity contribution in [2.75, 3.05) is 12.0 Å². The maximum Gasteiger partial charge on any atom is 0.106 e. The SMILES string of the molecule is C=O.CSC[C@H]1O[C@@H](C(C)(C)C)[C@H](O)[C@@H](C)[C@@H]1O. The average molecular weight is 278 g/mol. The number of ether oxygens (including phenoxy) is 1. The highest BCUT2D eigenvalue weighted by Crippen LogP contribution is 2.36. The summed E-state index contributed by atoms with van der Waals surface area (Å²) in [6, 6.07) is 0. The van der Waals surface area contributed by atoms with Gasteiger partial charge in [0.25, 0.3) is 0 Å². The van der Waals surface area contributed by atoms with E-state index in [0.29, 0.717) is 0 Å². The summed E-state index contributed by atoms with van der Waals surface area (Å²) in [7, 11) is 0. The van der Waals surface area contributed by atoms with Crippen LogP contribution in [-0.2, 0) is 9.53 Å². The lowest BCUT2D eigenvalue weighted by Crippen LogP contribution is -2.57. The minimum Gasteiger partial charge on any atom is -0.390 e. The molecule has 18 heavy (non-hydrogen) atoms. The molecule has 0 radical (unpaired) electrons. The van der Waals surface area contributed by atoms with Gasteiger partial charge in [-0.3, -0.25) is 0 Å². The van der Waals surface area contributed by atoms with Crippen LogP contribution in [0.2, 0.25) is 0 Å². The van der Waals surface area contributed by atoms with Crippen molar-refractivity contribution >= 4 is 18.6 Å². The molecule has 1 saturated heterocycles. The molecule has 0 bridgehead atoms. The van der Waals surface area contributed by atoms with Crippen molar-refractivity contribution in [1.29, 1.82) is 0 Å². The minimum absolute atomic E-state index is 0.107. The van der Waals surface area contributed by atoms with Crippen molar-refractivity contribution in [1.82, 2.24) is 0 Å². The minimum atomic E-state index is -0.590. The predicted octanol–water partition coefficient (Wildman–Crippen LogP) is 1.34. The number of rotatable bonds is 2. The van der Waals surface area contributed by atoms with Crippen LogP contribution >= 0.6 is 11.8 Å². The smallest absolute Gasteiger partial charge is 0.106 e. The van der Waals surface area contributed by atoms with Gasteiger partial charge in [0.05, 0.1) is 24.4 Å². The molecule has 1 aliphatic rings. The van der Waals surface area contributed by atoms with Crippen LogP contribution in [0.25, 0.3) is 0 Å². The molecule has 1 heterocycles. The molecule has 1 rings (SSSR count). The Morgan fingerprint density at radius 1 is 1.22 bits per heavy atom. The maximum atomic E-state index is 10.1. The Balaban J connectivity index is 0.00000137. The van der Waals surface area contributed by atoms with E-state index in [1.54, 1.807) is 11.8 Å². The fourth-order valence-corrected chi connectivity index (χ4v) is 2.79. The van der Waals surface area contributed by atoms with Gasteiger partial charge in [0, 0.05) is 11.7 Å². The van der Waals surface area contributed by atoms with E-state index in [2.05, 4.69) is 20.8 Å². The maximum absolute atomic E-state index is 10.1. The van der Waals surface area contributed by atoms with Crippen LogP contribution in [0.1, 0.15) is 27.7 Å². The van der Waals surface area contributed by atoms with Gasteiger partial charge in [-0.05, 0) is 11.7 Å². The molecular formula is C13H26O4S. The van der Waals surface area contributed by atoms with Gasteiger partial charge >= 0.3 is 0 Å². The number of thioether (sulfide) groups is 1. The van der Waals surface area contributed by atoms with Crippen molar-refractivity contribution in [3.63, 3.8) is 0 Å². The van der Waals surface area contributed by atoms with Crippen LogP contribution in [0.4, 0.5) is 0 Å². The van der Waals surface area contributed by atoms with E-state index in [0.717, 1.165) is 5.75 Å². The van der Waals surface area contributed by atoms with E-state index >= 15 is 0 Å². The molecule has 1 fully saturated rings. The van der Waals surface area contributed by atoms with Gasteiger partial charge in [0.2, 0.25) is 0 Å². The standard InChI is InChI=1S/C12H24O3S.CH2O/c1-7-9(13)8(6-16-5)15-11(10(7)14)12(2,3)4;1-2/h7-11,13-14H,6H2,1-5H3;1H2/t7-,8+,9-,10+,11+;/m0./s1. The van der Waals surface area contributed by atoms with Crippen molar-refractivity contribution in [3.05, 3.63) is 0 Å². The third-order valence-corrected chi connectivity index (χ3v) is 3.94. The van der Waals surface area contributed by atoms with Gasteiger partial charge in [-0.25, -0.2) is 0 Å². The fraction of sp³-hybridized carbons (Fsp3) is 0.923. The van der Waals surface area contributed by atoms with Crippen molar-refractivity contribution in [3.8, 4) is 0 Å². The number of hydrogen-bond acceptors (Lipinski definition) is 5. The van der Waals surface area contributed by atoms with E-state index in [4.69, 9.17) is 9.53 Å². The number of carbonyl (C=O) groups is 1. The normalized spacial score (nSPS) is 36.7. The van der Waals surface area contributed by atoms with Gasteiger partial charge in [0.1, 0.15) is 6.79 Å². The van der Waals surface area contributed by atoms with Gasteiger partial charge in [-0.2, -0.15) is 11.8 Å². The third kappa shape index (κ3) is 4.23. The number of carbonyl (C=O) groups excluding carboxylic acids is 1. The van der Waals surface area contributed by atoms with E-state index < -0.39 is 12.2 Å². The van der Waals surface area contributed by atoms with Crippen LogP contribution in [0.5, 0.6) is 0 Å². The van der Waals surface area contributed by atoms with E-state index in [1.165, 1.54) is 0 Å². The Hall–Kier alpha value is -0.100. The Bertz CT molecular complexity index is 242. The molecule has 0 saturated carbocycles. The summed E-state index contributed by atoms with van der Waals surface area (Å²) < 4.78 is 5.87. The van der Waals surface area contributed by atoms with Crippen LogP contribution in [0, 0.1) is 11.3 Å². The lowest BCUT2D eigenvalue weighted by Gasteiger charge is -2.46. The first kappa shape index (κ1) is 17.9. The molecular weight excluding hydrogens is 252 g/mol. The topological polar surface area (TPSA) is 66.8 Å². The Morgan fingerprint density at radius 2 is 1.72 bits per heavy atom. The molecule has 2 N–H and O–H groups in total. The van der Waals surface area contributed by atoms with Crippen molar-refractivity contribution in [2.24, 2.45) is 11.3 Å². The summed E-state index contributed by atoms with van der Waals surface area (Å²) in [5.74, 6) is 0.639. The molecule has 5 atom stereocenters. The van der Waals surface area contributed by atoms with Crippen molar-refractivity contribution in [2.45, 2.75) is 52.1 Å². The zero-order valence-corrected chi connectivity index (χ0v) is 12.7. The highest BCUT2D eigenvalue weighted by atomic mass is 32.2. The van der Waals surface area contributed by atoms with E-state index in [1.807, 2.05) is 20.0 Å². The second kappa shape index (κ2) is 7.48. The quantitative estimate of drug-likeness (QED) is 0.798. The van der Waals surface area contributed by atoms with Crippen LogP contribution in [0.3, 0.4) is 0 Å². The molecule has 0 aromatic heterocycles. The van der Waals surface area contributed by atoms with E-state index in [9.17, 15) is 10.2 Å². The van der Waals surface area contributed by atoms with Crippen LogP contribution < -0.4 is 0 Å². The van der Waals surface area contributed by atoms with Gasteiger partial charge in [-0.1, -0.05) is 27.7 Å². The third-order valence-electron chi connectivity index (χ3n) is 3.27. The van der Waals surface area contributed by atoms with Crippen LogP contribution in [-0.4, -0.2) is 53.4 Å². The second-order valence-corrected chi connectivity index (χ2v) is 6.67. The molecule has 0 unspecified atom stereocenters. The van der Waals surface area contributed by atoms with E-state index in [-0.39, 0.29) is 23.5 Å². The monoisotopic (exact) mass is 278 g/mol. The van der Waals surface area contributed by atoms with Gasteiger partial charge in [-0.15, -0.1) is 0 Å². The number of aliphatic hydroxyl groups is 2. The summed E-state index contributed by atoms with van der Waals surface area (Å²) in [6.07, 6.45) is 0.465. The van der Waals surface area contributed by atoms with Crippen LogP contribution in [0.15, 0.2) is 0 Å². The molecule has 4 nitrogen and oxygen atoms in total.